The summed E-state index contributed by atoms with van der Waals surface area (Å²) >= 11 is 0. The number of halogens is 1. The highest BCUT2D eigenvalue weighted by Gasteiger charge is 2.55. The predicted molar refractivity (Wildman–Crippen MR) is 132 cm³/mol. The molecule has 0 aromatic heterocycles. The molecule has 34 heavy (non-hydrogen) atoms. The molecule has 2 unspecified atom stereocenters. The Morgan fingerprint density at radius 1 is 1.09 bits per heavy atom. The average Bonchev–Trinajstić information content (AvgIpc) is 3.06. The van der Waals surface area contributed by atoms with Crippen LogP contribution >= 0.6 is 0 Å². The van der Waals surface area contributed by atoms with Crippen LogP contribution < -0.4 is 5.32 Å². The monoisotopic (exact) mass is 470 g/mol. The van der Waals surface area contributed by atoms with Crippen LogP contribution in [0.1, 0.15) is 44.1 Å². The number of amides is 3. The number of hydrogen-bond donors (Lipinski definition) is 1. The smallest absolute Gasteiger partial charge is 0.322 e. The summed E-state index contributed by atoms with van der Waals surface area (Å²) in [7, 11) is 3.98. The largest absolute Gasteiger partial charge is 0.325 e. The fourth-order valence-electron chi connectivity index (χ4n) is 5.85. The quantitative estimate of drug-likeness (QED) is 0.442. The summed E-state index contributed by atoms with van der Waals surface area (Å²) in [5, 5.41) is 3.14. The molecule has 3 amide bonds. The van der Waals surface area contributed by atoms with Crippen LogP contribution in [0.2, 0.25) is 0 Å². The summed E-state index contributed by atoms with van der Waals surface area (Å²) in [4.78, 5) is 32.8. The lowest BCUT2D eigenvalue weighted by Crippen LogP contribution is -2.57. The highest BCUT2D eigenvalue weighted by atomic mass is 19.1. The SMILES string of the molecule is CN(C)CCCN1C(=O)NC(Cc2ccc(F)cc2)(C2CCN(CC3CC=CCC3)CC2)C1=O. The molecule has 0 radical (unpaired) electrons. The molecule has 3 aliphatic rings. The van der Waals surface area contributed by atoms with Gasteiger partial charge in [-0.25, -0.2) is 9.18 Å². The molecule has 2 saturated heterocycles. The third-order valence-electron chi connectivity index (χ3n) is 7.76. The minimum Gasteiger partial charge on any atom is -0.322 e. The van der Waals surface area contributed by atoms with E-state index in [2.05, 4.69) is 27.3 Å². The number of benzene rings is 1. The third-order valence-corrected chi connectivity index (χ3v) is 7.76. The van der Waals surface area contributed by atoms with Gasteiger partial charge in [0.1, 0.15) is 11.4 Å². The zero-order valence-corrected chi connectivity index (χ0v) is 20.6. The molecule has 1 aromatic carbocycles. The lowest BCUT2D eigenvalue weighted by atomic mass is 9.73. The van der Waals surface area contributed by atoms with Gasteiger partial charge in [0.2, 0.25) is 0 Å². The van der Waals surface area contributed by atoms with Crippen molar-refractivity contribution < 1.29 is 14.0 Å². The van der Waals surface area contributed by atoms with Gasteiger partial charge in [0.05, 0.1) is 0 Å². The van der Waals surface area contributed by atoms with E-state index in [4.69, 9.17) is 0 Å². The molecule has 1 N–H and O–H groups in total. The third kappa shape index (κ3) is 5.69. The second-order valence-electron chi connectivity index (χ2n) is 10.5. The van der Waals surface area contributed by atoms with Gasteiger partial charge in [0.25, 0.3) is 5.91 Å². The van der Waals surface area contributed by atoms with Crippen molar-refractivity contribution in [3.8, 4) is 0 Å². The number of likely N-dealkylation sites (tertiary alicyclic amines) is 1. The number of nitrogens with zero attached hydrogens (tertiary/aromatic N) is 3. The van der Waals surface area contributed by atoms with E-state index in [-0.39, 0.29) is 23.7 Å². The van der Waals surface area contributed by atoms with Crippen molar-refractivity contribution in [3.63, 3.8) is 0 Å². The first-order valence-corrected chi connectivity index (χ1v) is 12.8. The van der Waals surface area contributed by atoms with Crippen molar-refractivity contribution in [2.24, 2.45) is 11.8 Å². The highest BCUT2D eigenvalue weighted by molar-refractivity contribution is 6.07. The summed E-state index contributed by atoms with van der Waals surface area (Å²) in [6.07, 6.45) is 11.1. The lowest BCUT2D eigenvalue weighted by molar-refractivity contribution is -0.134. The average molecular weight is 471 g/mol. The van der Waals surface area contributed by atoms with Crippen LogP contribution in [0.15, 0.2) is 36.4 Å². The van der Waals surface area contributed by atoms with E-state index in [1.54, 1.807) is 12.1 Å². The number of allylic oxidation sites excluding steroid dienone is 2. The standard InChI is InChI=1S/C27H39FN4O2/c1-30(2)15-6-16-32-25(33)27(29-26(32)34,19-21-9-11-24(28)12-10-21)23-13-17-31(18-14-23)20-22-7-4-3-5-8-22/h3-4,9-12,22-23H,5-8,13-20H2,1-2H3,(H,29,34). The first-order valence-electron chi connectivity index (χ1n) is 12.8. The first kappa shape index (κ1) is 24.9. The fraction of sp³-hybridized carbons (Fsp3) is 0.630. The molecule has 7 heteroatoms. The number of carbonyl (C=O) groups is 2. The molecule has 0 bridgehead atoms. The number of piperidine rings is 1. The summed E-state index contributed by atoms with van der Waals surface area (Å²) in [5.41, 5.74) is -0.0752. The van der Waals surface area contributed by atoms with Crippen LogP contribution in [-0.2, 0) is 11.2 Å². The van der Waals surface area contributed by atoms with Gasteiger partial charge in [-0.1, -0.05) is 24.3 Å². The van der Waals surface area contributed by atoms with E-state index in [9.17, 15) is 14.0 Å². The van der Waals surface area contributed by atoms with Gasteiger partial charge in [-0.05, 0) is 102 Å². The Kier molecular flexibility index (Phi) is 8.04. The van der Waals surface area contributed by atoms with Crippen molar-refractivity contribution in [2.75, 3.05) is 46.8 Å². The van der Waals surface area contributed by atoms with Crippen molar-refractivity contribution >= 4 is 11.9 Å². The molecule has 0 saturated carbocycles. The van der Waals surface area contributed by atoms with Gasteiger partial charge in [0, 0.05) is 19.5 Å². The molecule has 1 aromatic rings. The van der Waals surface area contributed by atoms with Crippen LogP contribution in [-0.4, -0.2) is 79.0 Å². The Labute approximate surface area is 203 Å². The van der Waals surface area contributed by atoms with Gasteiger partial charge in [0.15, 0.2) is 0 Å². The number of hydrogen-bond acceptors (Lipinski definition) is 4. The molecule has 2 aliphatic heterocycles. The Bertz CT molecular complexity index is 879. The number of urea groups is 1. The summed E-state index contributed by atoms with van der Waals surface area (Å²) in [5.74, 6) is 0.372. The zero-order valence-electron chi connectivity index (χ0n) is 20.6. The number of rotatable bonds is 9. The summed E-state index contributed by atoms with van der Waals surface area (Å²) in [6.45, 7) is 4.23. The number of imide groups is 1. The highest BCUT2D eigenvalue weighted by Crippen LogP contribution is 2.37. The summed E-state index contributed by atoms with van der Waals surface area (Å²) < 4.78 is 13.5. The Balaban J connectivity index is 1.48. The van der Waals surface area contributed by atoms with E-state index in [1.807, 2.05) is 14.1 Å². The normalized spacial score (nSPS) is 26.5. The van der Waals surface area contributed by atoms with Gasteiger partial charge in [-0.2, -0.15) is 0 Å². The van der Waals surface area contributed by atoms with Gasteiger partial charge in [-0.15, -0.1) is 0 Å². The van der Waals surface area contributed by atoms with E-state index in [1.165, 1.54) is 29.9 Å². The van der Waals surface area contributed by atoms with Crippen molar-refractivity contribution in [1.82, 2.24) is 20.0 Å². The van der Waals surface area contributed by atoms with Gasteiger partial charge < -0.3 is 15.1 Å². The van der Waals surface area contributed by atoms with Crippen LogP contribution in [0.5, 0.6) is 0 Å². The second kappa shape index (κ2) is 11.0. The Morgan fingerprint density at radius 2 is 1.82 bits per heavy atom. The molecule has 2 heterocycles. The Hall–Kier alpha value is -2.25. The predicted octanol–water partition coefficient (Wildman–Crippen LogP) is 3.68. The molecule has 0 spiro atoms. The molecule has 186 valence electrons. The first-order chi connectivity index (χ1) is 16.4. The minimum atomic E-state index is -0.952. The molecular weight excluding hydrogens is 431 g/mol. The van der Waals surface area contributed by atoms with Crippen molar-refractivity contribution in [3.05, 3.63) is 47.8 Å². The zero-order chi connectivity index (χ0) is 24.1. The second-order valence-corrected chi connectivity index (χ2v) is 10.5. The van der Waals surface area contributed by atoms with Crippen LogP contribution in [0, 0.1) is 17.7 Å². The van der Waals surface area contributed by atoms with E-state index >= 15 is 0 Å². The van der Waals surface area contributed by atoms with E-state index < -0.39 is 5.54 Å². The van der Waals surface area contributed by atoms with Gasteiger partial charge >= 0.3 is 6.03 Å². The molecule has 1 aliphatic carbocycles. The molecular formula is C27H39FN4O2. The number of carbonyl (C=O) groups excluding carboxylic acids is 2. The van der Waals surface area contributed by atoms with E-state index in [0.717, 1.165) is 63.3 Å². The minimum absolute atomic E-state index is 0.0651. The molecule has 2 atom stereocenters. The summed E-state index contributed by atoms with van der Waals surface area (Å²) in [6, 6.07) is 6.04. The fourth-order valence-corrected chi connectivity index (χ4v) is 5.85. The molecule has 6 nitrogen and oxygen atoms in total. The van der Waals surface area contributed by atoms with E-state index in [0.29, 0.717) is 13.0 Å². The lowest BCUT2D eigenvalue weighted by Gasteiger charge is -2.42. The maximum atomic E-state index is 13.8. The maximum absolute atomic E-state index is 13.8. The molecule has 4 rings (SSSR count). The Morgan fingerprint density at radius 3 is 2.47 bits per heavy atom. The van der Waals surface area contributed by atoms with Crippen LogP contribution in [0.25, 0.3) is 0 Å². The molecule has 2 fully saturated rings. The van der Waals surface area contributed by atoms with Gasteiger partial charge in [-0.3, -0.25) is 9.69 Å². The number of nitrogens with one attached hydrogen (secondary N) is 1. The van der Waals surface area contributed by atoms with Crippen molar-refractivity contribution in [2.45, 2.75) is 50.5 Å². The maximum Gasteiger partial charge on any atom is 0.325 e. The topological polar surface area (TPSA) is 55.9 Å². The van der Waals surface area contributed by atoms with Crippen molar-refractivity contribution in [1.29, 1.82) is 0 Å². The van der Waals surface area contributed by atoms with Crippen LogP contribution in [0.4, 0.5) is 9.18 Å². The van der Waals surface area contributed by atoms with Crippen LogP contribution in [0.3, 0.4) is 0 Å².